The molecule has 0 saturated heterocycles. The third-order valence-corrected chi connectivity index (χ3v) is 3.21. The number of hydrogen-bond donors (Lipinski definition) is 2. The van der Waals surface area contributed by atoms with E-state index in [0.29, 0.717) is 10.2 Å². The first-order valence-corrected chi connectivity index (χ1v) is 6.17. The van der Waals surface area contributed by atoms with Crippen LogP contribution >= 0.6 is 15.9 Å². The van der Waals surface area contributed by atoms with Crippen molar-refractivity contribution in [2.75, 3.05) is 7.11 Å². The zero-order chi connectivity index (χ0) is 13.9. The zero-order valence-corrected chi connectivity index (χ0v) is 11.8. The van der Waals surface area contributed by atoms with Crippen molar-refractivity contribution in [3.05, 3.63) is 27.5 Å². The number of methoxy groups -OCH3 is 1. The number of rotatable bonds is 5. The van der Waals surface area contributed by atoms with Crippen molar-refractivity contribution in [2.45, 2.75) is 25.8 Å². The lowest BCUT2D eigenvalue weighted by Crippen LogP contribution is -2.16. The van der Waals surface area contributed by atoms with Gasteiger partial charge >= 0.3 is 5.97 Å². The summed E-state index contributed by atoms with van der Waals surface area (Å²) in [5, 5.41) is 8.62. The average molecular weight is 320 g/mol. The summed E-state index contributed by atoms with van der Waals surface area (Å²) in [6.07, 6.45) is 0.0355. The SMILES string of the molecule is COc1c(C)cc(Br)c(F)c1C(N)CCC(=O)O. The topological polar surface area (TPSA) is 72.5 Å². The monoisotopic (exact) mass is 319 g/mol. The molecule has 1 rings (SSSR count). The fourth-order valence-corrected chi connectivity index (χ4v) is 2.34. The molecule has 0 amide bonds. The van der Waals surface area contributed by atoms with Crippen LogP contribution in [0.25, 0.3) is 0 Å². The maximum Gasteiger partial charge on any atom is 0.303 e. The number of hydrogen-bond acceptors (Lipinski definition) is 3. The molecule has 6 heteroatoms. The second kappa shape index (κ2) is 6.15. The summed E-state index contributed by atoms with van der Waals surface area (Å²) < 4.78 is 19.5. The first kappa shape index (κ1) is 14.9. The van der Waals surface area contributed by atoms with Gasteiger partial charge in [-0.15, -0.1) is 0 Å². The van der Waals surface area contributed by atoms with Crippen molar-refractivity contribution in [3.63, 3.8) is 0 Å². The van der Waals surface area contributed by atoms with Gasteiger partial charge in [-0.05, 0) is 40.9 Å². The number of benzene rings is 1. The van der Waals surface area contributed by atoms with E-state index >= 15 is 0 Å². The number of nitrogens with two attached hydrogens (primary N) is 1. The van der Waals surface area contributed by atoms with Gasteiger partial charge in [-0.25, -0.2) is 4.39 Å². The molecule has 3 N–H and O–H groups in total. The standard InChI is InChI=1S/C12H15BrFNO3/c1-6-5-7(13)11(14)10(12(6)18-2)8(15)3-4-9(16)17/h5,8H,3-4,15H2,1-2H3,(H,16,17). The Bertz CT molecular complexity index is 465. The van der Waals surface area contributed by atoms with Gasteiger partial charge in [0.1, 0.15) is 11.6 Å². The maximum atomic E-state index is 14.0. The maximum absolute atomic E-state index is 14.0. The largest absolute Gasteiger partial charge is 0.496 e. The van der Waals surface area contributed by atoms with Crippen molar-refractivity contribution in [3.8, 4) is 5.75 Å². The van der Waals surface area contributed by atoms with E-state index in [1.165, 1.54) is 7.11 Å². The summed E-state index contributed by atoms with van der Waals surface area (Å²) in [6, 6.07) is 0.883. The summed E-state index contributed by atoms with van der Waals surface area (Å²) in [5.74, 6) is -1.10. The van der Waals surface area contributed by atoms with Crippen LogP contribution < -0.4 is 10.5 Å². The van der Waals surface area contributed by atoms with Crippen LogP contribution in [0.4, 0.5) is 4.39 Å². The lowest BCUT2D eigenvalue weighted by Gasteiger charge is -2.18. The van der Waals surface area contributed by atoms with Crippen molar-refractivity contribution >= 4 is 21.9 Å². The van der Waals surface area contributed by atoms with Crippen molar-refractivity contribution in [1.82, 2.24) is 0 Å². The highest BCUT2D eigenvalue weighted by Crippen LogP contribution is 2.36. The number of halogens is 2. The first-order valence-electron chi connectivity index (χ1n) is 5.38. The summed E-state index contributed by atoms with van der Waals surface area (Å²) in [6.45, 7) is 1.77. The van der Waals surface area contributed by atoms with Gasteiger partial charge in [0.15, 0.2) is 0 Å². The predicted molar refractivity (Wildman–Crippen MR) is 69.2 cm³/mol. The molecule has 0 aromatic heterocycles. The third-order valence-electron chi connectivity index (χ3n) is 2.64. The van der Waals surface area contributed by atoms with Crippen LogP contribution in [0.2, 0.25) is 0 Å². The van der Waals surface area contributed by atoms with E-state index < -0.39 is 17.8 Å². The second-order valence-corrected chi connectivity index (χ2v) is 4.83. The van der Waals surface area contributed by atoms with Gasteiger partial charge in [0.05, 0.1) is 11.6 Å². The molecule has 1 aromatic rings. The van der Waals surface area contributed by atoms with Crippen LogP contribution in [0.15, 0.2) is 10.5 Å². The molecule has 0 aliphatic rings. The molecule has 1 atom stereocenters. The van der Waals surface area contributed by atoms with Gasteiger partial charge < -0.3 is 15.6 Å². The van der Waals surface area contributed by atoms with Gasteiger partial charge in [-0.3, -0.25) is 4.79 Å². The molecule has 1 aromatic carbocycles. The van der Waals surface area contributed by atoms with E-state index in [4.69, 9.17) is 15.6 Å². The Hall–Kier alpha value is -1.14. The summed E-state index contributed by atoms with van der Waals surface area (Å²) in [5.41, 5.74) is 6.81. The molecule has 100 valence electrons. The van der Waals surface area contributed by atoms with E-state index in [9.17, 15) is 9.18 Å². The number of aliphatic carboxylic acids is 1. The fourth-order valence-electron chi connectivity index (χ4n) is 1.79. The molecule has 0 aliphatic heterocycles. The highest BCUT2D eigenvalue weighted by Gasteiger charge is 2.22. The van der Waals surface area contributed by atoms with Crippen LogP contribution in [0, 0.1) is 12.7 Å². The Balaban J connectivity index is 3.16. The lowest BCUT2D eigenvalue weighted by atomic mass is 9.99. The normalized spacial score (nSPS) is 12.3. The van der Waals surface area contributed by atoms with E-state index in [1.807, 2.05) is 0 Å². The Kier molecular flexibility index (Phi) is 5.10. The summed E-state index contributed by atoms with van der Waals surface area (Å²) in [7, 11) is 1.43. The molecule has 0 aliphatic carbocycles. The quantitative estimate of drug-likeness (QED) is 0.875. The fraction of sp³-hybridized carbons (Fsp3) is 0.417. The average Bonchev–Trinajstić information content (AvgIpc) is 2.30. The minimum absolute atomic E-state index is 0.116. The van der Waals surface area contributed by atoms with Gasteiger partial charge in [0, 0.05) is 18.0 Å². The lowest BCUT2D eigenvalue weighted by molar-refractivity contribution is -0.137. The van der Waals surface area contributed by atoms with E-state index in [-0.39, 0.29) is 18.4 Å². The molecule has 1 unspecified atom stereocenters. The Labute approximate surface area is 113 Å². The highest BCUT2D eigenvalue weighted by atomic mass is 79.9. The minimum atomic E-state index is -0.962. The Morgan fingerprint density at radius 3 is 2.78 bits per heavy atom. The van der Waals surface area contributed by atoms with Crippen LogP contribution in [0.5, 0.6) is 5.75 Å². The van der Waals surface area contributed by atoms with Crippen molar-refractivity contribution < 1.29 is 19.0 Å². The molecular formula is C12H15BrFNO3. The molecule has 0 spiro atoms. The van der Waals surface area contributed by atoms with Crippen LogP contribution in [0.3, 0.4) is 0 Å². The minimum Gasteiger partial charge on any atom is -0.496 e. The molecule has 0 saturated carbocycles. The van der Waals surface area contributed by atoms with Crippen molar-refractivity contribution in [1.29, 1.82) is 0 Å². The number of ether oxygens (including phenoxy) is 1. The number of carbonyl (C=O) groups is 1. The number of carboxylic acid groups (broad SMARTS) is 1. The number of carboxylic acids is 1. The second-order valence-electron chi connectivity index (χ2n) is 3.98. The van der Waals surface area contributed by atoms with E-state index in [0.717, 1.165) is 5.56 Å². The molecule has 0 heterocycles. The van der Waals surface area contributed by atoms with Crippen LogP contribution in [-0.4, -0.2) is 18.2 Å². The Morgan fingerprint density at radius 2 is 2.28 bits per heavy atom. The number of aryl methyl sites for hydroxylation is 1. The van der Waals surface area contributed by atoms with Crippen LogP contribution in [0.1, 0.15) is 30.0 Å². The molecule has 0 bridgehead atoms. The van der Waals surface area contributed by atoms with E-state index in [1.54, 1.807) is 13.0 Å². The zero-order valence-electron chi connectivity index (χ0n) is 10.2. The Morgan fingerprint density at radius 1 is 1.67 bits per heavy atom. The van der Waals surface area contributed by atoms with Gasteiger partial charge in [0.2, 0.25) is 0 Å². The van der Waals surface area contributed by atoms with Crippen molar-refractivity contribution in [2.24, 2.45) is 5.73 Å². The molecule has 0 radical (unpaired) electrons. The smallest absolute Gasteiger partial charge is 0.303 e. The predicted octanol–water partition coefficient (Wildman–Crippen LogP) is 2.77. The summed E-state index contributed by atoms with van der Waals surface area (Å²) in [4.78, 5) is 10.5. The summed E-state index contributed by atoms with van der Waals surface area (Å²) >= 11 is 3.11. The first-order chi connectivity index (χ1) is 8.38. The van der Waals surface area contributed by atoms with Gasteiger partial charge in [-0.1, -0.05) is 0 Å². The third kappa shape index (κ3) is 3.20. The van der Waals surface area contributed by atoms with Gasteiger partial charge in [0.25, 0.3) is 0 Å². The van der Waals surface area contributed by atoms with Crippen LogP contribution in [-0.2, 0) is 4.79 Å². The molecule has 18 heavy (non-hydrogen) atoms. The molecule has 4 nitrogen and oxygen atoms in total. The molecular weight excluding hydrogens is 305 g/mol. The van der Waals surface area contributed by atoms with Gasteiger partial charge in [-0.2, -0.15) is 0 Å². The molecule has 0 fully saturated rings. The van der Waals surface area contributed by atoms with E-state index in [2.05, 4.69) is 15.9 Å². The highest BCUT2D eigenvalue weighted by molar-refractivity contribution is 9.10.